The number of halogens is 3. The van der Waals surface area contributed by atoms with E-state index in [1.54, 1.807) is 31.2 Å². The topological polar surface area (TPSA) is 64.6 Å². The Kier molecular flexibility index (Phi) is 5.07. The van der Waals surface area contributed by atoms with E-state index in [4.69, 9.17) is 4.74 Å². The number of carbonyl (C=O) groups is 2. The Morgan fingerprint density at radius 2 is 1.85 bits per heavy atom. The summed E-state index contributed by atoms with van der Waals surface area (Å²) in [5.41, 5.74) is 1.76. The molecule has 0 bridgehead atoms. The van der Waals surface area contributed by atoms with Gasteiger partial charge in [0.25, 0.3) is 5.91 Å². The molecule has 142 valence electrons. The molecule has 2 aromatic rings. The Morgan fingerprint density at radius 1 is 1.19 bits per heavy atom. The molecule has 0 aromatic heterocycles. The molecule has 5 nitrogen and oxygen atoms in total. The zero-order valence-corrected chi connectivity index (χ0v) is 14.2. The molecule has 0 spiro atoms. The second-order valence-electron chi connectivity index (χ2n) is 6.10. The minimum absolute atomic E-state index is 0.263. The molecule has 27 heavy (non-hydrogen) atoms. The average molecular weight is 379 g/mol. The number of benzene rings is 2. The van der Waals surface area contributed by atoms with Crippen LogP contribution in [-0.2, 0) is 16.0 Å². The van der Waals surface area contributed by atoms with E-state index in [2.05, 4.69) is 10.1 Å². The lowest BCUT2D eigenvalue weighted by Gasteiger charge is -2.25. The van der Waals surface area contributed by atoms with Crippen LogP contribution >= 0.6 is 0 Å². The summed E-state index contributed by atoms with van der Waals surface area (Å²) in [6.07, 6.45) is -5.45. The highest BCUT2D eigenvalue weighted by molar-refractivity contribution is 5.95. The van der Waals surface area contributed by atoms with E-state index in [1.165, 1.54) is 24.3 Å². The van der Waals surface area contributed by atoms with Gasteiger partial charge in [0.2, 0.25) is 0 Å². The molecular weight excluding hydrogens is 363 g/mol. The number of ether oxygens (including phenoxy) is 2. The van der Waals surface area contributed by atoms with Crippen molar-refractivity contribution in [3.8, 4) is 5.75 Å². The Labute approximate surface area is 153 Å². The SMILES string of the molecule is CC(NC(=O)C1Cc2ccccc2C(=O)O1)c1ccc(OC(F)(F)F)cc1. The first-order valence-corrected chi connectivity index (χ1v) is 8.18. The molecule has 1 aliphatic rings. The van der Waals surface area contributed by atoms with Crippen molar-refractivity contribution in [2.45, 2.75) is 31.9 Å². The molecule has 1 N–H and O–H groups in total. The summed E-state index contributed by atoms with van der Waals surface area (Å²) >= 11 is 0. The third kappa shape index (κ3) is 4.58. The van der Waals surface area contributed by atoms with Gasteiger partial charge in [0, 0.05) is 6.42 Å². The molecule has 3 rings (SSSR count). The van der Waals surface area contributed by atoms with Gasteiger partial charge in [0.15, 0.2) is 6.10 Å². The molecule has 1 heterocycles. The summed E-state index contributed by atoms with van der Waals surface area (Å²) in [7, 11) is 0. The zero-order chi connectivity index (χ0) is 19.6. The molecule has 0 radical (unpaired) electrons. The van der Waals surface area contributed by atoms with Gasteiger partial charge >= 0.3 is 12.3 Å². The lowest BCUT2D eigenvalue weighted by atomic mass is 9.98. The van der Waals surface area contributed by atoms with Gasteiger partial charge in [0.1, 0.15) is 5.75 Å². The molecule has 2 atom stereocenters. The van der Waals surface area contributed by atoms with Crippen LogP contribution in [0.15, 0.2) is 48.5 Å². The van der Waals surface area contributed by atoms with E-state index in [0.717, 1.165) is 5.56 Å². The van der Waals surface area contributed by atoms with Crippen molar-refractivity contribution >= 4 is 11.9 Å². The highest BCUT2D eigenvalue weighted by Gasteiger charge is 2.32. The van der Waals surface area contributed by atoms with Gasteiger partial charge < -0.3 is 14.8 Å². The third-order valence-electron chi connectivity index (χ3n) is 4.16. The van der Waals surface area contributed by atoms with Gasteiger partial charge in [0.05, 0.1) is 11.6 Å². The van der Waals surface area contributed by atoms with Crippen LogP contribution in [0.4, 0.5) is 13.2 Å². The van der Waals surface area contributed by atoms with Crippen molar-refractivity contribution in [1.82, 2.24) is 5.32 Å². The largest absolute Gasteiger partial charge is 0.573 e. The number of hydrogen-bond donors (Lipinski definition) is 1. The highest BCUT2D eigenvalue weighted by atomic mass is 19.4. The zero-order valence-electron chi connectivity index (χ0n) is 14.2. The molecule has 1 amide bonds. The summed E-state index contributed by atoms with van der Waals surface area (Å²) in [5.74, 6) is -1.37. The predicted octanol–water partition coefficient (Wildman–Crippen LogP) is 3.54. The smallest absolute Gasteiger partial charge is 0.448 e. The lowest BCUT2D eigenvalue weighted by Crippen LogP contribution is -2.42. The fourth-order valence-corrected chi connectivity index (χ4v) is 2.83. The second-order valence-corrected chi connectivity index (χ2v) is 6.10. The molecule has 2 aromatic carbocycles. The van der Waals surface area contributed by atoms with E-state index < -0.39 is 30.4 Å². The van der Waals surface area contributed by atoms with E-state index >= 15 is 0 Å². The van der Waals surface area contributed by atoms with Crippen LogP contribution in [0.5, 0.6) is 5.75 Å². The first-order chi connectivity index (χ1) is 12.7. The summed E-state index contributed by atoms with van der Waals surface area (Å²) in [4.78, 5) is 24.4. The molecule has 0 saturated carbocycles. The van der Waals surface area contributed by atoms with Crippen LogP contribution in [0.1, 0.15) is 34.5 Å². The number of cyclic esters (lactones) is 1. The van der Waals surface area contributed by atoms with Gasteiger partial charge in [-0.3, -0.25) is 4.79 Å². The number of nitrogens with one attached hydrogen (secondary N) is 1. The first kappa shape index (κ1) is 18.8. The van der Waals surface area contributed by atoms with Crippen LogP contribution in [0, 0.1) is 0 Å². The molecule has 8 heteroatoms. The summed E-state index contributed by atoms with van der Waals surface area (Å²) < 4.78 is 45.6. The van der Waals surface area contributed by atoms with Crippen LogP contribution in [0.2, 0.25) is 0 Å². The molecule has 0 aliphatic carbocycles. The maximum atomic E-state index is 12.4. The molecule has 0 saturated heterocycles. The van der Waals surface area contributed by atoms with E-state index in [1.807, 2.05) is 0 Å². The molecule has 2 unspecified atom stereocenters. The number of hydrogen-bond acceptors (Lipinski definition) is 4. The fraction of sp³-hybridized carbons (Fsp3) is 0.263. The van der Waals surface area contributed by atoms with Crippen molar-refractivity contribution in [3.05, 3.63) is 65.2 Å². The van der Waals surface area contributed by atoms with Crippen molar-refractivity contribution in [1.29, 1.82) is 0 Å². The standard InChI is InChI=1S/C19H16F3NO4/c1-11(12-6-8-14(9-7-12)27-19(20,21)22)23-17(24)16-10-13-4-2-3-5-15(13)18(25)26-16/h2-9,11,16H,10H2,1H3,(H,23,24). The van der Waals surface area contributed by atoms with Gasteiger partial charge in [-0.05, 0) is 36.2 Å². The molecule has 1 aliphatic heterocycles. The van der Waals surface area contributed by atoms with Crippen molar-refractivity contribution < 1.29 is 32.2 Å². The van der Waals surface area contributed by atoms with Crippen LogP contribution in [0.3, 0.4) is 0 Å². The second kappa shape index (κ2) is 7.30. The van der Waals surface area contributed by atoms with Crippen molar-refractivity contribution in [2.75, 3.05) is 0 Å². The Hall–Kier alpha value is -3.03. The Balaban J connectivity index is 1.63. The van der Waals surface area contributed by atoms with Crippen LogP contribution in [0.25, 0.3) is 0 Å². The van der Waals surface area contributed by atoms with Gasteiger partial charge in [-0.1, -0.05) is 30.3 Å². The van der Waals surface area contributed by atoms with E-state index in [9.17, 15) is 22.8 Å². The number of carbonyl (C=O) groups excluding carboxylic acids is 2. The number of alkyl halides is 3. The molecule has 0 fully saturated rings. The molecular formula is C19H16F3NO4. The average Bonchev–Trinajstić information content (AvgIpc) is 2.61. The maximum Gasteiger partial charge on any atom is 0.573 e. The predicted molar refractivity (Wildman–Crippen MR) is 89.0 cm³/mol. The first-order valence-electron chi connectivity index (χ1n) is 8.18. The van der Waals surface area contributed by atoms with Gasteiger partial charge in [-0.25, -0.2) is 4.79 Å². The number of amides is 1. The minimum Gasteiger partial charge on any atom is -0.448 e. The van der Waals surface area contributed by atoms with Crippen molar-refractivity contribution in [2.24, 2.45) is 0 Å². The highest BCUT2D eigenvalue weighted by Crippen LogP contribution is 2.25. The Morgan fingerprint density at radius 3 is 2.52 bits per heavy atom. The Bertz CT molecular complexity index is 849. The summed E-state index contributed by atoms with van der Waals surface area (Å²) in [5, 5.41) is 2.71. The number of esters is 1. The summed E-state index contributed by atoms with van der Waals surface area (Å²) in [6.45, 7) is 1.68. The van der Waals surface area contributed by atoms with Crippen LogP contribution in [-0.4, -0.2) is 24.3 Å². The minimum atomic E-state index is -4.76. The number of fused-ring (bicyclic) bond motifs is 1. The van der Waals surface area contributed by atoms with E-state index in [-0.39, 0.29) is 12.2 Å². The lowest BCUT2D eigenvalue weighted by molar-refractivity contribution is -0.274. The third-order valence-corrected chi connectivity index (χ3v) is 4.16. The summed E-state index contributed by atoms with van der Waals surface area (Å²) in [6, 6.07) is 11.6. The van der Waals surface area contributed by atoms with Crippen LogP contribution < -0.4 is 10.1 Å². The quantitative estimate of drug-likeness (QED) is 0.826. The monoisotopic (exact) mass is 379 g/mol. The van der Waals surface area contributed by atoms with E-state index in [0.29, 0.717) is 11.1 Å². The maximum absolute atomic E-state index is 12.4. The number of rotatable bonds is 4. The fourth-order valence-electron chi connectivity index (χ4n) is 2.83. The van der Waals surface area contributed by atoms with Gasteiger partial charge in [-0.2, -0.15) is 0 Å². The normalized spacial score (nSPS) is 17.5. The van der Waals surface area contributed by atoms with Crippen molar-refractivity contribution in [3.63, 3.8) is 0 Å². The van der Waals surface area contributed by atoms with Gasteiger partial charge in [-0.15, -0.1) is 13.2 Å².